The van der Waals surface area contributed by atoms with E-state index in [1.807, 2.05) is 0 Å². The first kappa shape index (κ1) is 15.0. The number of carboxylic acid groups (broad SMARTS) is 1. The Morgan fingerprint density at radius 1 is 1.43 bits per heavy atom. The zero-order valence-electron chi connectivity index (χ0n) is 11.5. The van der Waals surface area contributed by atoms with Crippen molar-refractivity contribution in [1.29, 1.82) is 0 Å². The van der Waals surface area contributed by atoms with Crippen LogP contribution in [0.4, 0.5) is 8.78 Å². The number of carbonyl (C=O) groups is 1. The molecule has 1 atom stereocenters. The van der Waals surface area contributed by atoms with E-state index >= 15 is 0 Å². The molecule has 0 aliphatic carbocycles. The van der Waals surface area contributed by atoms with Crippen LogP contribution in [0.25, 0.3) is 0 Å². The van der Waals surface area contributed by atoms with Crippen molar-refractivity contribution in [3.63, 3.8) is 0 Å². The molecule has 8 heteroatoms. The summed E-state index contributed by atoms with van der Waals surface area (Å²) in [7, 11) is 0. The van der Waals surface area contributed by atoms with Gasteiger partial charge in [-0.2, -0.15) is 0 Å². The van der Waals surface area contributed by atoms with Gasteiger partial charge in [0.2, 0.25) is 0 Å². The lowest BCUT2D eigenvalue weighted by Gasteiger charge is -2.24. The number of carboxylic acids is 1. The third-order valence-electron chi connectivity index (χ3n) is 3.53. The van der Waals surface area contributed by atoms with Gasteiger partial charge in [0.15, 0.2) is 23.0 Å². The molecule has 0 radical (unpaired) electrons. The van der Waals surface area contributed by atoms with E-state index in [0.717, 1.165) is 10.7 Å². The van der Waals surface area contributed by atoms with Gasteiger partial charge in [-0.05, 0) is 35.4 Å². The first-order valence-corrected chi connectivity index (χ1v) is 6.34. The Balaban J connectivity index is 2.42. The maximum Gasteiger partial charge on any atom is 0.331 e. The van der Waals surface area contributed by atoms with Crippen LogP contribution < -0.4 is 0 Å². The van der Waals surface area contributed by atoms with E-state index in [0.29, 0.717) is 0 Å². The number of rotatable bonds is 5. The number of aromatic nitrogens is 4. The summed E-state index contributed by atoms with van der Waals surface area (Å²) >= 11 is 0. The number of benzene rings is 1. The quantitative estimate of drug-likeness (QED) is 0.909. The SMILES string of the molecule is CCC(C)(C(=O)O)n1nnnc1Cc1cccc(F)c1F. The maximum atomic E-state index is 13.7. The standard InChI is InChI=1S/C13H14F2N4O2/c1-3-13(2,12(20)21)19-10(16-17-18-19)7-8-5-4-6-9(14)11(8)15/h4-6H,3,7H2,1-2H3,(H,20,21). The summed E-state index contributed by atoms with van der Waals surface area (Å²) in [6.45, 7) is 3.15. The molecule has 0 spiro atoms. The highest BCUT2D eigenvalue weighted by Crippen LogP contribution is 2.22. The van der Waals surface area contributed by atoms with Crippen LogP contribution >= 0.6 is 0 Å². The molecule has 112 valence electrons. The number of tetrazole rings is 1. The van der Waals surface area contributed by atoms with Gasteiger partial charge in [0, 0.05) is 6.42 Å². The molecule has 1 aromatic heterocycles. The van der Waals surface area contributed by atoms with E-state index in [2.05, 4.69) is 15.5 Å². The lowest BCUT2D eigenvalue weighted by molar-refractivity contribution is -0.147. The number of halogens is 2. The second-order valence-electron chi connectivity index (χ2n) is 4.83. The molecular formula is C13H14F2N4O2. The molecule has 0 bridgehead atoms. The summed E-state index contributed by atoms with van der Waals surface area (Å²) in [6, 6.07) is 3.79. The Morgan fingerprint density at radius 3 is 2.76 bits per heavy atom. The molecule has 2 rings (SSSR count). The number of hydrogen-bond donors (Lipinski definition) is 1. The molecule has 0 aliphatic heterocycles. The van der Waals surface area contributed by atoms with E-state index in [4.69, 9.17) is 0 Å². The Labute approximate surface area is 119 Å². The van der Waals surface area contributed by atoms with Gasteiger partial charge in [0.05, 0.1) is 0 Å². The van der Waals surface area contributed by atoms with Crippen molar-refractivity contribution in [2.24, 2.45) is 0 Å². The van der Waals surface area contributed by atoms with Crippen LogP contribution in [0, 0.1) is 11.6 Å². The lowest BCUT2D eigenvalue weighted by Crippen LogP contribution is -2.40. The van der Waals surface area contributed by atoms with Crippen LogP contribution in [0.1, 0.15) is 31.7 Å². The molecule has 6 nitrogen and oxygen atoms in total. The van der Waals surface area contributed by atoms with Gasteiger partial charge in [-0.15, -0.1) is 5.10 Å². The van der Waals surface area contributed by atoms with Crippen molar-refractivity contribution in [2.45, 2.75) is 32.2 Å². The Kier molecular flexibility index (Phi) is 3.97. The molecule has 1 heterocycles. The minimum absolute atomic E-state index is 0.0647. The summed E-state index contributed by atoms with van der Waals surface area (Å²) in [5.41, 5.74) is -1.28. The molecule has 0 amide bonds. The van der Waals surface area contributed by atoms with Crippen LogP contribution in [0.3, 0.4) is 0 Å². The fourth-order valence-corrected chi connectivity index (χ4v) is 1.95. The molecule has 0 saturated carbocycles. The van der Waals surface area contributed by atoms with Gasteiger partial charge in [-0.3, -0.25) is 0 Å². The van der Waals surface area contributed by atoms with E-state index in [1.165, 1.54) is 19.1 Å². The van der Waals surface area contributed by atoms with Crippen molar-refractivity contribution in [3.8, 4) is 0 Å². The molecule has 2 aromatic rings. The van der Waals surface area contributed by atoms with Crippen molar-refractivity contribution < 1.29 is 18.7 Å². The summed E-state index contributed by atoms with van der Waals surface area (Å²) in [4.78, 5) is 11.4. The number of hydrogen-bond acceptors (Lipinski definition) is 4. The topological polar surface area (TPSA) is 80.9 Å². The van der Waals surface area contributed by atoms with Crippen LogP contribution in [0.15, 0.2) is 18.2 Å². The van der Waals surface area contributed by atoms with E-state index in [1.54, 1.807) is 6.92 Å². The largest absolute Gasteiger partial charge is 0.479 e. The van der Waals surface area contributed by atoms with Crippen LogP contribution in [0.2, 0.25) is 0 Å². The molecule has 1 unspecified atom stereocenters. The molecule has 21 heavy (non-hydrogen) atoms. The van der Waals surface area contributed by atoms with Crippen molar-refractivity contribution in [2.75, 3.05) is 0 Å². The van der Waals surface area contributed by atoms with Crippen LogP contribution in [-0.4, -0.2) is 31.3 Å². The average Bonchev–Trinajstić information content (AvgIpc) is 2.91. The highest BCUT2D eigenvalue weighted by molar-refractivity contribution is 5.76. The van der Waals surface area contributed by atoms with Crippen molar-refractivity contribution in [3.05, 3.63) is 41.2 Å². The number of aliphatic carboxylic acids is 1. The van der Waals surface area contributed by atoms with Gasteiger partial charge in [-0.1, -0.05) is 19.1 Å². The molecule has 0 saturated heterocycles. The van der Waals surface area contributed by atoms with Gasteiger partial charge in [-0.25, -0.2) is 18.3 Å². The second kappa shape index (κ2) is 5.55. The van der Waals surface area contributed by atoms with Gasteiger partial charge in [0.25, 0.3) is 0 Å². The highest BCUT2D eigenvalue weighted by Gasteiger charge is 2.37. The first-order valence-electron chi connectivity index (χ1n) is 6.34. The van der Waals surface area contributed by atoms with Gasteiger partial charge >= 0.3 is 5.97 Å². The Bertz CT molecular complexity index is 674. The van der Waals surface area contributed by atoms with E-state index in [9.17, 15) is 18.7 Å². The van der Waals surface area contributed by atoms with E-state index < -0.39 is 23.1 Å². The predicted molar refractivity (Wildman–Crippen MR) is 68.6 cm³/mol. The minimum Gasteiger partial charge on any atom is -0.479 e. The van der Waals surface area contributed by atoms with Gasteiger partial charge < -0.3 is 5.11 Å². The third kappa shape index (κ3) is 2.61. The molecule has 0 aliphatic rings. The van der Waals surface area contributed by atoms with Crippen molar-refractivity contribution >= 4 is 5.97 Å². The Hall–Kier alpha value is -2.38. The maximum absolute atomic E-state index is 13.7. The highest BCUT2D eigenvalue weighted by atomic mass is 19.2. The summed E-state index contributed by atoms with van der Waals surface area (Å²) < 4.78 is 28.0. The molecule has 1 aromatic carbocycles. The van der Waals surface area contributed by atoms with Gasteiger partial charge in [0.1, 0.15) is 0 Å². The number of nitrogens with zero attached hydrogens (tertiary/aromatic N) is 4. The fourth-order valence-electron chi connectivity index (χ4n) is 1.95. The Morgan fingerprint density at radius 2 is 2.14 bits per heavy atom. The normalized spacial score (nSPS) is 13.9. The summed E-state index contributed by atoms with van der Waals surface area (Å²) in [5, 5.41) is 20.2. The monoisotopic (exact) mass is 296 g/mol. The second-order valence-corrected chi connectivity index (χ2v) is 4.83. The molecule has 1 N–H and O–H groups in total. The predicted octanol–water partition coefficient (Wildman–Crippen LogP) is 1.75. The zero-order valence-corrected chi connectivity index (χ0v) is 11.5. The zero-order chi connectivity index (χ0) is 15.6. The third-order valence-corrected chi connectivity index (χ3v) is 3.53. The van der Waals surface area contributed by atoms with Crippen molar-refractivity contribution in [1.82, 2.24) is 20.2 Å². The minimum atomic E-state index is -1.34. The van der Waals surface area contributed by atoms with Crippen LogP contribution in [-0.2, 0) is 16.8 Å². The summed E-state index contributed by atoms with van der Waals surface area (Å²) in [5.74, 6) is -2.90. The van der Waals surface area contributed by atoms with Crippen LogP contribution in [0.5, 0.6) is 0 Å². The summed E-state index contributed by atoms with van der Waals surface area (Å²) in [6.07, 6.45) is 0.144. The van der Waals surface area contributed by atoms with E-state index in [-0.39, 0.29) is 24.2 Å². The smallest absolute Gasteiger partial charge is 0.331 e. The molecule has 0 fully saturated rings. The molecular weight excluding hydrogens is 282 g/mol. The first-order chi connectivity index (χ1) is 9.90. The average molecular weight is 296 g/mol. The lowest BCUT2D eigenvalue weighted by atomic mass is 9.99. The fraction of sp³-hybridized carbons (Fsp3) is 0.385.